The van der Waals surface area contributed by atoms with Crippen LogP contribution in [0.15, 0.2) is 48.5 Å². The fourth-order valence-corrected chi connectivity index (χ4v) is 2.40. The molecule has 0 aliphatic heterocycles. The minimum Gasteiger partial charge on any atom is -0.493 e. The summed E-state index contributed by atoms with van der Waals surface area (Å²) in [5.41, 5.74) is 0.798. The molecule has 0 aliphatic carbocycles. The molecule has 2 rings (SSSR count). The third-order valence-electron chi connectivity index (χ3n) is 3.84. The Hall–Kier alpha value is -3.02. The number of hydrogen-bond acceptors (Lipinski definition) is 4. The van der Waals surface area contributed by atoms with Crippen LogP contribution in [0.3, 0.4) is 0 Å². The Morgan fingerprint density at radius 2 is 1.85 bits per heavy atom. The molecule has 0 radical (unpaired) electrons. The maximum absolute atomic E-state index is 12.5. The topological polar surface area (TPSA) is 84.9 Å². The number of unbranched alkanes of at least 4 members (excludes halogenated alkanes) is 1. The first-order valence-corrected chi connectivity index (χ1v) is 8.46. The van der Waals surface area contributed by atoms with Gasteiger partial charge in [0.05, 0.1) is 13.7 Å². The first kappa shape index (κ1) is 19.3. The molecule has 0 spiro atoms. The van der Waals surface area contributed by atoms with E-state index in [4.69, 9.17) is 9.47 Å². The van der Waals surface area contributed by atoms with Gasteiger partial charge in [-0.3, -0.25) is 4.79 Å². The van der Waals surface area contributed by atoms with Crippen LogP contribution < -0.4 is 14.8 Å². The molecule has 2 aromatic carbocycles. The van der Waals surface area contributed by atoms with Gasteiger partial charge in [-0.15, -0.1) is 0 Å². The van der Waals surface area contributed by atoms with E-state index < -0.39 is 17.9 Å². The Kier molecular flexibility index (Phi) is 7.02. The van der Waals surface area contributed by atoms with Gasteiger partial charge in [0.2, 0.25) is 0 Å². The molecule has 26 heavy (non-hydrogen) atoms. The Morgan fingerprint density at radius 3 is 2.46 bits per heavy atom. The van der Waals surface area contributed by atoms with E-state index >= 15 is 0 Å². The molecule has 1 amide bonds. The van der Waals surface area contributed by atoms with Gasteiger partial charge in [-0.05, 0) is 30.2 Å². The van der Waals surface area contributed by atoms with Crippen LogP contribution in [0.4, 0.5) is 0 Å². The number of aliphatic carboxylic acids is 1. The van der Waals surface area contributed by atoms with Crippen molar-refractivity contribution in [3.8, 4) is 11.5 Å². The first-order valence-electron chi connectivity index (χ1n) is 8.46. The molecule has 0 aromatic heterocycles. The molecule has 0 unspecified atom stereocenters. The number of amides is 1. The molecule has 0 aliphatic rings. The lowest BCUT2D eigenvalue weighted by molar-refractivity contribution is -0.139. The fourth-order valence-electron chi connectivity index (χ4n) is 2.40. The van der Waals surface area contributed by atoms with E-state index in [1.807, 2.05) is 0 Å². The molecule has 0 saturated carbocycles. The van der Waals surface area contributed by atoms with Gasteiger partial charge in [-0.25, -0.2) is 4.79 Å². The minimum atomic E-state index is -1.13. The average Bonchev–Trinajstić information content (AvgIpc) is 2.66. The standard InChI is InChI=1S/C20H23NO5/c1-3-4-12-26-16-11-10-15(13-17(16)25-2)19(22)21-18(20(23)24)14-8-6-5-7-9-14/h5-11,13,18H,3-4,12H2,1-2H3,(H,21,22)(H,23,24)/t18-/m0/s1. The quantitative estimate of drug-likeness (QED) is 0.672. The van der Waals surface area contributed by atoms with Crippen LogP contribution in [-0.4, -0.2) is 30.7 Å². The van der Waals surface area contributed by atoms with E-state index in [2.05, 4.69) is 12.2 Å². The molecule has 0 fully saturated rings. The van der Waals surface area contributed by atoms with Gasteiger partial charge in [-0.2, -0.15) is 0 Å². The van der Waals surface area contributed by atoms with Gasteiger partial charge in [-0.1, -0.05) is 43.7 Å². The monoisotopic (exact) mass is 357 g/mol. The molecule has 1 atom stereocenters. The van der Waals surface area contributed by atoms with E-state index in [0.29, 0.717) is 29.2 Å². The van der Waals surface area contributed by atoms with Crippen LogP contribution >= 0.6 is 0 Å². The van der Waals surface area contributed by atoms with Crippen molar-refractivity contribution in [2.24, 2.45) is 0 Å². The van der Waals surface area contributed by atoms with E-state index in [1.54, 1.807) is 48.5 Å². The normalized spacial score (nSPS) is 11.5. The lowest BCUT2D eigenvalue weighted by Crippen LogP contribution is -2.33. The van der Waals surface area contributed by atoms with Crippen molar-refractivity contribution in [1.82, 2.24) is 5.32 Å². The third-order valence-corrected chi connectivity index (χ3v) is 3.84. The number of carbonyl (C=O) groups excluding carboxylic acids is 1. The zero-order valence-electron chi connectivity index (χ0n) is 14.9. The highest BCUT2D eigenvalue weighted by molar-refractivity contribution is 5.97. The first-order chi connectivity index (χ1) is 12.6. The maximum atomic E-state index is 12.5. The number of nitrogens with one attached hydrogen (secondary N) is 1. The molecule has 0 bridgehead atoms. The van der Waals surface area contributed by atoms with Crippen molar-refractivity contribution in [1.29, 1.82) is 0 Å². The second kappa shape index (κ2) is 9.46. The zero-order valence-corrected chi connectivity index (χ0v) is 14.9. The van der Waals surface area contributed by atoms with Crippen molar-refractivity contribution < 1.29 is 24.2 Å². The maximum Gasteiger partial charge on any atom is 0.330 e. The van der Waals surface area contributed by atoms with E-state index in [9.17, 15) is 14.7 Å². The number of hydrogen-bond donors (Lipinski definition) is 2. The van der Waals surface area contributed by atoms with Crippen molar-refractivity contribution in [3.63, 3.8) is 0 Å². The highest BCUT2D eigenvalue weighted by Crippen LogP contribution is 2.28. The molecular formula is C20H23NO5. The summed E-state index contributed by atoms with van der Waals surface area (Å²) in [5, 5.41) is 12.0. The van der Waals surface area contributed by atoms with Gasteiger partial charge in [0.15, 0.2) is 17.5 Å². The number of carboxylic acids is 1. The smallest absolute Gasteiger partial charge is 0.330 e. The SMILES string of the molecule is CCCCOc1ccc(C(=O)N[C@H](C(=O)O)c2ccccc2)cc1OC. The largest absolute Gasteiger partial charge is 0.493 e. The highest BCUT2D eigenvalue weighted by atomic mass is 16.5. The van der Waals surface area contributed by atoms with Gasteiger partial charge < -0.3 is 19.9 Å². The van der Waals surface area contributed by atoms with Crippen LogP contribution in [0.25, 0.3) is 0 Å². The Balaban J connectivity index is 2.16. The Morgan fingerprint density at radius 1 is 1.12 bits per heavy atom. The number of methoxy groups -OCH3 is 1. The number of carbonyl (C=O) groups is 2. The fraction of sp³-hybridized carbons (Fsp3) is 0.300. The average molecular weight is 357 g/mol. The molecular weight excluding hydrogens is 334 g/mol. The second-order valence-corrected chi connectivity index (χ2v) is 5.72. The number of benzene rings is 2. The molecule has 2 N–H and O–H groups in total. The van der Waals surface area contributed by atoms with E-state index in [1.165, 1.54) is 7.11 Å². The molecule has 6 nitrogen and oxygen atoms in total. The van der Waals surface area contributed by atoms with Gasteiger partial charge in [0, 0.05) is 5.56 Å². The van der Waals surface area contributed by atoms with E-state index in [-0.39, 0.29) is 0 Å². The van der Waals surface area contributed by atoms with Crippen LogP contribution in [0.1, 0.15) is 41.7 Å². The highest BCUT2D eigenvalue weighted by Gasteiger charge is 2.23. The van der Waals surface area contributed by atoms with Crippen molar-refractivity contribution >= 4 is 11.9 Å². The molecule has 6 heteroatoms. The lowest BCUT2D eigenvalue weighted by Gasteiger charge is -2.16. The minimum absolute atomic E-state index is 0.298. The summed E-state index contributed by atoms with van der Waals surface area (Å²) in [6.07, 6.45) is 1.93. The van der Waals surface area contributed by atoms with Crippen molar-refractivity contribution in [3.05, 3.63) is 59.7 Å². The molecule has 138 valence electrons. The molecule has 0 heterocycles. The summed E-state index contributed by atoms with van der Waals surface area (Å²) in [4.78, 5) is 24.0. The van der Waals surface area contributed by atoms with Gasteiger partial charge >= 0.3 is 5.97 Å². The molecule has 2 aromatic rings. The van der Waals surface area contributed by atoms with Crippen molar-refractivity contribution in [2.75, 3.05) is 13.7 Å². The predicted octanol–water partition coefficient (Wildman–Crippen LogP) is 3.43. The van der Waals surface area contributed by atoms with Gasteiger partial charge in [0.25, 0.3) is 5.91 Å². The van der Waals surface area contributed by atoms with Crippen LogP contribution in [0, 0.1) is 0 Å². The van der Waals surface area contributed by atoms with Crippen LogP contribution in [0.5, 0.6) is 11.5 Å². The Labute approximate surface area is 152 Å². The summed E-state index contributed by atoms with van der Waals surface area (Å²) in [6, 6.07) is 12.2. The van der Waals surface area contributed by atoms with E-state index in [0.717, 1.165) is 12.8 Å². The number of ether oxygens (including phenoxy) is 2. The summed E-state index contributed by atoms with van der Waals surface area (Å²) < 4.78 is 10.9. The number of rotatable bonds is 9. The lowest BCUT2D eigenvalue weighted by atomic mass is 10.1. The summed E-state index contributed by atoms with van der Waals surface area (Å²) in [5.74, 6) is -0.647. The molecule has 0 saturated heterocycles. The van der Waals surface area contributed by atoms with Gasteiger partial charge in [0.1, 0.15) is 0 Å². The Bertz CT molecular complexity index is 745. The third kappa shape index (κ3) is 4.99. The zero-order chi connectivity index (χ0) is 18.9. The second-order valence-electron chi connectivity index (χ2n) is 5.72. The summed E-state index contributed by atoms with van der Waals surface area (Å²) in [6.45, 7) is 2.63. The van der Waals surface area contributed by atoms with Crippen molar-refractivity contribution in [2.45, 2.75) is 25.8 Å². The summed E-state index contributed by atoms with van der Waals surface area (Å²) in [7, 11) is 1.49. The predicted molar refractivity (Wildman–Crippen MR) is 97.7 cm³/mol. The van der Waals surface area contributed by atoms with Crippen LogP contribution in [-0.2, 0) is 4.79 Å². The summed E-state index contributed by atoms with van der Waals surface area (Å²) >= 11 is 0. The number of carboxylic acid groups (broad SMARTS) is 1. The van der Waals surface area contributed by atoms with Crippen LogP contribution in [0.2, 0.25) is 0 Å².